The minimum absolute atomic E-state index is 0.219. The number of ether oxygens (including phenoxy) is 2. The molecule has 2 aliphatic rings. The zero-order chi connectivity index (χ0) is 22.9. The minimum Gasteiger partial charge on any atom is -0.492 e. The maximum atomic E-state index is 13.2. The third kappa shape index (κ3) is 4.36. The Bertz CT molecular complexity index is 1170. The first-order chi connectivity index (χ1) is 16.0. The molecule has 3 aromatic rings. The fraction of sp³-hybridized carbons (Fsp3) is 0.400. The van der Waals surface area contributed by atoms with E-state index in [0.29, 0.717) is 37.4 Å². The summed E-state index contributed by atoms with van der Waals surface area (Å²) in [5.74, 6) is 0.447. The maximum absolute atomic E-state index is 13.2. The van der Waals surface area contributed by atoms with Gasteiger partial charge in [-0.3, -0.25) is 14.5 Å². The number of nitrogens with one attached hydrogen (secondary N) is 1. The number of hydrogen-bond acceptors (Lipinski definition) is 6. The van der Waals surface area contributed by atoms with Gasteiger partial charge < -0.3 is 19.9 Å². The van der Waals surface area contributed by atoms with Crippen LogP contribution < -0.4 is 10.1 Å². The van der Waals surface area contributed by atoms with Gasteiger partial charge in [0.1, 0.15) is 11.4 Å². The first-order valence-corrected chi connectivity index (χ1v) is 11.3. The van der Waals surface area contributed by atoms with Gasteiger partial charge in [-0.1, -0.05) is 6.07 Å². The monoisotopic (exact) mass is 448 g/mol. The molecule has 0 aliphatic carbocycles. The van der Waals surface area contributed by atoms with E-state index >= 15 is 0 Å². The molecule has 172 valence electrons. The summed E-state index contributed by atoms with van der Waals surface area (Å²) < 4.78 is 12.9. The van der Waals surface area contributed by atoms with Crippen LogP contribution in [0, 0.1) is 6.92 Å². The molecule has 2 aromatic heterocycles. The molecule has 1 aromatic carbocycles. The van der Waals surface area contributed by atoms with Gasteiger partial charge in [-0.2, -0.15) is 5.10 Å². The molecule has 0 radical (unpaired) electrons. The van der Waals surface area contributed by atoms with E-state index in [1.807, 2.05) is 37.6 Å². The average Bonchev–Trinajstić information content (AvgIpc) is 3.47. The second-order valence-electron chi connectivity index (χ2n) is 8.73. The summed E-state index contributed by atoms with van der Waals surface area (Å²) >= 11 is 0. The number of benzene rings is 1. The summed E-state index contributed by atoms with van der Waals surface area (Å²) in [4.78, 5) is 17.8. The Labute approximate surface area is 192 Å². The van der Waals surface area contributed by atoms with Gasteiger partial charge in [0, 0.05) is 38.0 Å². The summed E-state index contributed by atoms with van der Waals surface area (Å²) in [6, 6.07) is 7.57. The predicted molar refractivity (Wildman–Crippen MR) is 122 cm³/mol. The van der Waals surface area contributed by atoms with Gasteiger partial charge in [0.2, 0.25) is 0 Å². The number of aromatic nitrogens is 3. The summed E-state index contributed by atoms with van der Waals surface area (Å²) in [5, 5.41) is 17.6. The summed E-state index contributed by atoms with van der Waals surface area (Å²) in [6.45, 7) is 3.42. The van der Waals surface area contributed by atoms with Crippen molar-refractivity contribution in [3.8, 4) is 17.1 Å². The third-order valence-corrected chi connectivity index (χ3v) is 6.45. The average molecular weight is 449 g/mol. The van der Waals surface area contributed by atoms with Crippen LogP contribution in [0.5, 0.6) is 5.75 Å². The van der Waals surface area contributed by atoms with Crippen LogP contribution in [-0.4, -0.2) is 57.7 Å². The Hall–Kier alpha value is -3.23. The van der Waals surface area contributed by atoms with Crippen LogP contribution in [-0.2, 0) is 24.6 Å². The highest BCUT2D eigenvalue weighted by molar-refractivity contribution is 5.98. The van der Waals surface area contributed by atoms with E-state index in [9.17, 15) is 9.90 Å². The fourth-order valence-electron chi connectivity index (χ4n) is 4.54. The van der Waals surface area contributed by atoms with Crippen LogP contribution in [0.25, 0.3) is 11.4 Å². The van der Waals surface area contributed by atoms with Gasteiger partial charge in [-0.25, -0.2) is 0 Å². The molecule has 2 atom stereocenters. The largest absolute Gasteiger partial charge is 0.492 e. The van der Waals surface area contributed by atoms with Crippen molar-refractivity contribution in [1.82, 2.24) is 20.1 Å². The number of hydrogen-bond donors (Lipinski definition) is 2. The van der Waals surface area contributed by atoms with E-state index in [-0.39, 0.29) is 18.6 Å². The van der Waals surface area contributed by atoms with E-state index in [2.05, 4.69) is 28.4 Å². The summed E-state index contributed by atoms with van der Waals surface area (Å²) in [7, 11) is 1.88. The molecule has 4 heterocycles. The molecule has 1 fully saturated rings. The first-order valence-electron chi connectivity index (χ1n) is 11.3. The standard InChI is InChI=1S/C25H28N4O4/c1-15-17(11-16-3-4-20(26-13-16)21-5-8-29(2)28-21)12-19(24-18(15)6-10-33-24)25(31)27-22-7-9-32-14-23(22)30/h3-5,8,12-13,22-23,30H,6-7,9-11,14H2,1-2H3,(H,27,31)/t22-,23-/m0/s1. The molecule has 8 heteroatoms. The lowest BCUT2D eigenvalue weighted by Crippen LogP contribution is -2.48. The van der Waals surface area contributed by atoms with Gasteiger partial charge in [0.05, 0.1) is 36.6 Å². The van der Waals surface area contributed by atoms with Crippen molar-refractivity contribution in [2.45, 2.75) is 38.3 Å². The molecule has 0 unspecified atom stereocenters. The molecule has 1 amide bonds. The third-order valence-electron chi connectivity index (χ3n) is 6.45. The SMILES string of the molecule is Cc1c(Cc2ccc(-c3ccn(C)n3)nc2)cc(C(=O)N[C@H]2CCOC[C@@H]2O)c2c1CCO2. The Morgan fingerprint density at radius 2 is 2.15 bits per heavy atom. The number of carbonyl (C=O) groups excluding carboxylic acids is 1. The summed E-state index contributed by atoms with van der Waals surface area (Å²) in [6.07, 6.45) is 5.09. The zero-order valence-electron chi connectivity index (χ0n) is 18.9. The number of amides is 1. The molecule has 33 heavy (non-hydrogen) atoms. The number of pyridine rings is 1. The molecular weight excluding hydrogens is 420 g/mol. The molecule has 0 spiro atoms. The topological polar surface area (TPSA) is 98.5 Å². The van der Waals surface area contributed by atoms with Crippen LogP contribution in [0.3, 0.4) is 0 Å². The van der Waals surface area contributed by atoms with Crippen LogP contribution in [0.15, 0.2) is 36.7 Å². The Balaban J connectivity index is 1.40. The number of nitrogens with zero attached hydrogens (tertiary/aromatic N) is 3. The van der Waals surface area contributed by atoms with Crippen molar-refractivity contribution >= 4 is 5.91 Å². The predicted octanol–water partition coefficient (Wildman–Crippen LogP) is 2.20. The molecule has 8 nitrogen and oxygen atoms in total. The number of aryl methyl sites for hydroxylation is 1. The molecule has 2 aliphatic heterocycles. The van der Waals surface area contributed by atoms with Gasteiger partial charge in [0.25, 0.3) is 5.91 Å². The number of fused-ring (bicyclic) bond motifs is 1. The number of rotatable bonds is 5. The van der Waals surface area contributed by atoms with E-state index in [1.54, 1.807) is 4.68 Å². The molecule has 1 saturated heterocycles. The highest BCUT2D eigenvalue weighted by Crippen LogP contribution is 2.35. The van der Waals surface area contributed by atoms with Gasteiger partial charge in [-0.05, 0) is 54.7 Å². The second kappa shape index (κ2) is 8.96. The lowest BCUT2D eigenvalue weighted by Gasteiger charge is -2.28. The van der Waals surface area contributed by atoms with Crippen molar-refractivity contribution in [3.63, 3.8) is 0 Å². The number of aliphatic hydroxyl groups excluding tert-OH is 1. The van der Waals surface area contributed by atoms with Crippen molar-refractivity contribution in [3.05, 3.63) is 64.5 Å². The van der Waals surface area contributed by atoms with E-state index < -0.39 is 6.10 Å². The molecule has 0 saturated carbocycles. The molecule has 2 N–H and O–H groups in total. The van der Waals surface area contributed by atoms with E-state index in [4.69, 9.17) is 9.47 Å². The lowest BCUT2D eigenvalue weighted by atomic mass is 9.92. The minimum atomic E-state index is -0.703. The Morgan fingerprint density at radius 1 is 1.27 bits per heavy atom. The Kier molecular flexibility index (Phi) is 5.86. The first kappa shape index (κ1) is 21.6. The van der Waals surface area contributed by atoms with Crippen molar-refractivity contribution in [1.29, 1.82) is 0 Å². The smallest absolute Gasteiger partial charge is 0.255 e. The second-order valence-corrected chi connectivity index (χ2v) is 8.73. The van der Waals surface area contributed by atoms with Crippen LogP contribution in [0.1, 0.15) is 39.0 Å². The highest BCUT2D eigenvalue weighted by atomic mass is 16.5. The van der Waals surface area contributed by atoms with Crippen LogP contribution >= 0.6 is 0 Å². The molecule has 0 bridgehead atoms. The highest BCUT2D eigenvalue weighted by Gasteiger charge is 2.29. The molecular formula is C25H28N4O4. The lowest BCUT2D eigenvalue weighted by molar-refractivity contribution is -0.0261. The quantitative estimate of drug-likeness (QED) is 0.621. The normalized spacial score (nSPS) is 19.7. The zero-order valence-corrected chi connectivity index (χ0v) is 18.9. The Morgan fingerprint density at radius 3 is 2.88 bits per heavy atom. The molecule has 5 rings (SSSR count). The maximum Gasteiger partial charge on any atom is 0.255 e. The number of aliphatic hydroxyl groups is 1. The van der Waals surface area contributed by atoms with Crippen molar-refractivity contribution in [2.24, 2.45) is 7.05 Å². The fourth-order valence-corrected chi connectivity index (χ4v) is 4.54. The number of carbonyl (C=O) groups is 1. The van der Waals surface area contributed by atoms with Crippen LogP contribution in [0.2, 0.25) is 0 Å². The van der Waals surface area contributed by atoms with Crippen LogP contribution in [0.4, 0.5) is 0 Å². The van der Waals surface area contributed by atoms with Gasteiger partial charge in [-0.15, -0.1) is 0 Å². The van der Waals surface area contributed by atoms with Crippen molar-refractivity contribution < 1.29 is 19.4 Å². The van der Waals surface area contributed by atoms with E-state index in [0.717, 1.165) is 40.1 Å². The van der Waals surface area contributed by atoms with Gasteiger partial charge >= 0.3 is 0 Å². The van der Waals surface area contributed by atoms with E-state index in [1.165, 1.54) is 0 Å². The van der Waals surface area contributed by atoms with Gasteiger partial charge in [0.15, 0.2) is 0 Å². The van der Waals surface area contributed by atoms with Crippen molar-refractivity contribution in [2.75, 3.05) is 19.8 Å². The summed E-state index contributed by atoms with van der Waals surface area (Å²) in [5.41, 5.74) is 6.56.